The van der Waals surface area contributed by atoms with Crippen molar-refractivity contribution in [1.82, 2.24) is 4.90 Å². The number of nitrogens with zero attached hydrogens (tertiary/aromatic N) is 1. The van der Waals surface area contributed by atoms with Gasteiger partial charge < -0.3 is 19.3 Å². The predicted octanol–water partition coefficient (Wildman–Crippen LogP) is 3.02. The lowest BCUT2D eigenvalue weighted by molar-refractivity contribution is -0.146. The Labute approximate surface area is 167 Å². The second-order valence-corrected chi connectivity index (χ2v) is 7.71. The Bertz CT molecular complexity index is 780. The van der Waals surface area contributed by atoms with Crippen LogP contribution in [0.3, 0.4) is 0 Å². The van der Waals surface area contributed by atoms with Gasteiger partial charge in [0, 0.05) is 0 Å². The lowest BCUT2D eigenvalue weighted by Crippen LogP contribution is -2.47. The first-order valence-corrected chi connectivity index (χ1v) is 9.27. The van der Waals surface area contributed by atoms with E-state index in [9.17, 15) is 14.7 Å². The number of ether oxygens (including phenoxy) is 3. The summed E-state index contributed by atoms with van der Waals surface area (Å²) in [4.78, 5) is 25.9. The number of rotatable bonds is 7. The van der Waals surface area contributed by atoms with Crippen LogP contribution >= 0.6 is 24.0 Å². The lowest BCUT2D eigenvalue weighted by atomic mass is 10.0. The van der Waals surface area contributed by atoms with Crippen molar-refractivity contribution in [1.29, 1.82) is 0 Å². The summed E-state index contributed by atoms with van der Waals surface area (Å²) in [6, 6.07) is 2.39. The molecule has 0 bridgehead atoms. The molecule has 1 amide bonds. The fraction of sp³-hybridized carbons (Fsp3) is 0.389. The molecule has 1 aliphatic rings. The first-order valence-electron chi connectivity index (χ1n) is 8.05. The van der Waals surface area contributed by atoms with Crippen molar-refractivity contribution in [3.05, 3.63) is 22.6 Å². The average Bonchev–Trinajstić information content (AvgIpc) is 2.88. The number of carboxylic acids is 1. The number of hydrogen-bond acceptors (Lipinski definition) is 7. The van der Waals surface area contributed by atoms with Gasteiger partial charge in [-0.05, 0) is 29.7 Å². The monoisotopic (exact) mass is 411 g/mol. The zero-order chi connectivity index (χ0) is 20.3. The first-order chi connectivity index (χ1) is 12.7. The van der Waals surface area contributed by atoms with Crippen LogP contribution in [0.5, 0.6) is 17.2 Å². The Balaban J connectivity index is 2.45. The zero-order valence-electron chi connectivity index (χ0n) is 15.6. The third-order valence-electron chi connectivity index (χ3n) is 3.97. The molecule has 7 nitrogen and oxygen atoms in total. The van der Waals surface area contributed by atoms with Gasteiger partial charge in [-0.25, -0.2) is 4.79 Å². The topological polar surface area (TPSA) is 85.3 Å². The van der Waals surface area contributed by atoms with Gasteiger partial charge in [0.05, 0.1) is 26.2 Å². The molecule has 0 spiro atoms. The summed E-state index contributed by atoms with van der Waals surface area (Å²) in [6.45, 7) is 3.47. The van der Waals surface area contributed by atoms with Crippen molar-refractivity contribution in [3.8, 4) is 17.2 Å². The smallest absolute Gasteiger partial charge is 0.327 e. The molecule has 1 aliphatic heterocycles. The summed E-state index contributed by atoms with van der Waals surface area (Å²) < 4.78 is 16.1. The van der Waals surface area contributed by atoms with Crippen LogP contribution in [0.25, 0.3) is 6.08 Å². The van der Waals surface area contributed by atoms with Gasteiger partial charge >= 0.3 is 5.97 Å². The van der Waals surface area contributed by atoms with Gasteiger partial charge in [0.15, 0.2) is 11.5 Å². The maximum Gasteiger partial charge on any atom is 0.327 e. The molecule has 1 atom stereocenters. The summed E-state index contributed by atoms with van der Waals surface area (Å²) in [7, 11) is 4.50. The number of amides is 1. The molecule has 0 unspecified atom stereocenters. The third-order valence-corrected chi connectivity index (χ3v) is 5.30. The fourth-order valence-corrected chi connectivity index (χ4v) is 4.08. The maximum atomic E-state index is 12.8. The van der Waals surface area contributed by atoms with Crippen molar-refractivity contribution in [3.63, 3.8) is 0 Å². The molecule has 2 rings (SSSR count). The summed E-state index contributed by atoms with van der Waals surface area (Å²) >= 11 is 6.33. The molecule has 0 aromatic heterocycles. The Morgan fingerprint density at radius 3 is 2.15 bits per heavy atom. The number of carbonyl (C=O) groups is 2. The van der Waals surface area contributed by atoms with Crippen LogP contribution in [0.2, 0.25) is 0 Å². The van der Waals surface area contributed by atoms with E-state index in [2.05, 4.69) is 0 Å². The van der Waals surface area contributed by atoms with E-state index in [1.807, 2.05) is 0 Å². The largest absolute Gasteiger partial charge is 0.493 e. The second kappa shape index (κ2) is 8.62. The fourth-order valence-electron chi connectivity index (χ4n) is 2.75. The SMILES string of the molecule is COc1cc(/C=C2\SC(=S)N([C@@H](C(=O)O)C(C)C)C2=O)cc(OC)c1OC. The van der Waals surface area contributed by atoms with Gasteiger partial charge in [0.25, 0.3) is 5.91 Å². The predicted molar refractivity (Wildman–Crippen MR) is 107 cm³/mol. The Kier molecular flexibility index (Phi) is 6.72. The molecular formula is C18H21NO6S2. The van der Waals surface area contributed by atoms with Crippen molar-refractivity contribution in [2.75, 3.05) is 21.3 Å². The number of thioether (sulfide) groups is 1. The summed E-state index contributed by atoms with van der Waals surface area (Å²) in [5.41, 5.74) is 0.640. The Morgan fingerprint density at radius 1 is 1.19 bits per heavy atom. The molecule has 1 saturated heterocycles. The van der Waals surface area contributed by atoms with Gasteiger partial charge in [-0.1, -0.05) is 37.8 Å². The molecule has 27 heavy (non-hydrogen) atoms. The molecule has 1 heterocycles. The van der Waals surface area contributed by atoms with Crippen LogP contribution in [0.15, 0.2) is 17.0 Å². The lowest BCUT2D eigenvalue weighted by Gasteiger charge is -2.26. The molecule has 1 aromatic carbocycles. The standard InChI is InChI=1S/C18H21NO6S2/c1-9(2)14(17(21)22)19-16(20)13(27-18(19)26)8-10-6-11(23-3)15(25-5)12(7-10)24-4/h6-9,14H,1-5H3,(H,21,22)/b13-8-/t14-/m1/s1. The molecule has 1 N–H and O–H groups in total. The maximum absolute atomic E-state index is 12.8. The number of carboxylic acid groups (broad SMARTS) is 1. The van der Waals surface area contributed by atoms with Crippen molar-refractivity contribution in [2.45, 2.75) is 19.9 Å². The van der Waals surface area contributed by atoms with Crippen LogP contribution in [0.4, 0.5) is 0 Å². The normalized spacial score (nSPS) is 16.8. The van der Waals surface area contributed by atoms with Crippen molar-refractivity contribution < 1.29 is 28.9 Å². The van der Waals surface area contributed by atoms with E-state index in [1.165, 1.54) is 21.3 Å². The number of hydrogen-bond donors (Lipinski definition) is 1. The van der Waals surface area contributed by atoms with Crippen LogP contribution in [-0.2, 0) is 9.59 Å². The quantitative estimate of drug-likeness (QED) is 0.541. The number of benzene rings is 1. The first kappa shape index (κ1) is 21.0. The average molecular weight is 412 g/mol. The second-order valence-electron chi connectivity index (χ2n) is 6.04. The van der Waals surface area contributed by atoms with Gasteiger partial charge in [0.1, 0.15) is 10.4 Å². The molecule has 0 aliphatic carbocycles. The van der Waals surface area contributed by atoms with E-state index in [0.29, 0.717) is 27.7 Å². The van der Waals surface area contributed by atoms with Gasteiger partial charge in [-0.3, -0.25) is 9.69 Å². The number of methoxy groups -OCH3 is 3. The Hall–Kier alpha value is -2.26. The minimum absolute atomic E-state index is 0.222. The minimum Gasteiger partial charge on any atom is -0.493 e. The third kappa shape index (κ3) is 4.19. The van der Waals surface area contributed by atoms with E-state index in [-0.39, 0.29) is 10.2 Å². The highest BCUT2D eigenvalue weighted by molar-refractivity contribution is 8.26. The summed E-state index contributed by atoms with van der Waals surface area (Å²) in [5.74, 6) is -0.468. The number of carbonyl (C=O) groups excluding carboxylic acids is 1. The minimum atomic E-state index is -1.09. The molecule has 0 saturated carbocycles. The van der Waals surface area contributed by atoms with E-state index >= 15 is 0 Å². The van der Waals surface area contributed by atoms with E-state index in [0.717, 1.165) is 16.7 Å². The highest BCUT2D eigenvalue weighted by Crippen LogP contribution is 2.41. The molecular weight excluding hydrogens is 390 g/mol. The van der Waals surface area contributed by atoms with Crippen LogP contribution in [0.1, 0.15) is 19.4 Å². The van der Waals surface area contributed by atoms with E-state index in [1.54, 1.807) is 32.1 Å². The summed E-state index contributed by atoms with van der Waals surface area (Å²) in [5, 5.41) is 9.48. The number of thiocarbonyl (C=S) groups is 1. The van der Waals surface area contributed by atoms with Gasteiger partial charge in [0.2, 0.25) is 5.75 Å². The molecule has 0 radical (unpaired) electrons. The van der Waals surface area contributed by atoms with Crippen molar-refractivity contribution in [2.24, 2.45) is 5.92 Å². The van der Waals surface area contributed by atoms with Crippen LogP contribution in [0, 0.1) is 5.92 Å². The van der Waals surface area contributed by atoms with Gasteiger partial charge in [-0.2, -0.15) is 0 Å². The zero-order valence-corrected chi connectivity index (χ0v) is 17.3. The van der Waals surface area contributed by atoms with E-state index < -0.39 is 17.9 Å². The highest BCUT2D eigenvalue weighted by Gasteiger charge is 2.41. The molecule has 1 aromatic rings. The van der Waals surface area contributed by atoms with E-state index in [4.69, 9.17) is 26.4 Å². The number of aliphatic carboxylic acids is 1. The van der Waals surface area contributed by atoms with Crippen molar-refractivity contribution >= 4 is 46.3 Å². The van der Waals surface area contributed by atoms with Crippen LogP contribution < -0.4 is 14.2 Å². The highest BCUT2D eigenvalue weighted by atomic mass is 32.2. The molecule has 9 heteroatoms. The summed E-state index contributed by atoms with van der Waals surface area (Å²) in [6.07, 6.45) is 1.63. The molecule has 1 fully saturated rings. The molecule has 146 valence electrons. The van der Waals surface area contributed by atoms with Gasteiger partial charge in [-0.15, -0.1) is 0 Å². The Morgan fingerprint density at radius 2 is 1.74 bits per heavy atom. The van der Waals surface area contributed by atoms with Crippen LogP contribution in [-0.4, -0.2) is 53.6 Å².